The van der Waals surface area contributed by atoms with Crippen LogP contribution in [0.4, 0.5) is 0 Å². The molecule has 0 amide bonds. The summed E-state index contributed by atoms with van der Waals surface area (Å²) in [5.74, 6) is 1.50. The minimum Gasteiger partial charge on any atom is -0.339 e. The maximum atomic E-state index is 5.59. The third kappa shape index (κ3) is 4.10. The van der Waals surface area contributed by atoms with Crippen molar-refractivity contribution in [1.82, 2.24) is 20.4 Å². The highest BCUT2D eigenvalue weighted by Gasteiger charge is 2.31. The van der Waals surface area contributed by atoms with Crippen LogP contribution in [0.5, 0.6) is 0 Å². The molecule has 0 bridgehead atoms. The van der Waals surface area contributed by atoms with Crippen molar-refractivity contribution in [2.24, 2.45) is 0 Å². The zero-order chi connectivity index (χ0) is 15.6. The lowest BCUT2D eigenvalue weighted by atomic mass is 9.85. The first-order valence-electron chi connectivity index (χ1n) is 7.85. The third-order valence-corrected chi connectivity index (χ3v) is 4.32. The van der Waals surface area contributed by atoms with Gasteiger partial charge in [-0.25, -0.2) is 0 Å². The number of benzene rings is 1. The van der Waals surface area contributed by atoms with Gasteiger partial charge in [0.1, 0.15) is 0 Å². The number of halogens is 1. The second-order valence-electron chi connectivity index (χ2n) is 6.70. The quantitative estimate of drug-likeness (QED) is 0.930. The molecule has 0 spiro atoms. The summed E-state index contributed by atoms with van der Waals surface area (Å²) in [4.78, 5) is 6.97. The Hall–Kier alpha value is -1.43. The van der Waals surface area contributed by atoms with E-state index in [1.807, 2.05) is 6.07 Å². The fourth-order valence-electron chi connectivity index (χ4n) is 2.92. The van der Waals surface area contributed by atoms with Crippen molar-refractivity contribution in [2.75, 3.05) is 26.7 Å². The molecule has 1 saturated heterocycles. The summed E-state index contributed by atoms with van der Waals surface area (Å²) in [6.45, 7) is 7.19. The van der Waals surface area contributed by atoms with Gasteiger partial charge in [-0.1, -0.05) is 49.3 Å². The van der Waals surface area contributed by atoms with E-state index in [-0.39, 0.29) is 23.9 Å². The van der Waals surface area contributed by atoms with Gasteiger partial charge in [-0.05, 0) is 19.0 Å². The number of nitrogens with zero attached hydrogens (tertiary/aromatic N) is 3. The van der Waals surface area contributed by atoms with Crippen molar-refractivity contribution >= 4 is 12.4 Å². The largest absolute Gasteiger partial charge is 0.339 e. The Morgan fingerprint density at radius 3 is 2.74 bits per heavy atom. The monoisotopic (exact) mass is 336 g/mol. The Labute approximate surface area is 143 Å². The molecule has 0 radical (unpaired) electrons. The molecule has 2 heterocycles. The number of piperazine rings is 1. The summed E-state index contributed by atoms with van der Waals surface area (Å²) < 4.78 is 5.59. The topological polar surface area (TPSA) is 54.2 Å². The SMILES string of the molecule is CN1CCNCC1c1noc(C(C)(C)Cc2ccccc2)n1.Cl. The van der Waals surface area contributed by atoms with Crippen molar-refractivity contribution in [2.45, 2.75) is 31.7 Å². The third-order valence-electron chi connectivity index (χ3n) is 4.32. The lowest BCUT2D eigenvalue weighted by molar-refractivity contribution is 0.190. The lowest BCUT2D eigenvalue weighted by Gasteiger charge is -2.30. The van der Waals surface area contributed by atoms with Crippen molar-refractivity contribution in [1.29, 1.82) is 0 Å². The average Bonchev–Trinajstić information content (AvgIpc) is 2.99. The standard InChI is InChI=1S/C17H24N4O.ClH/c1-17(2,11-13-7-5-4-6-8-13)16-19-15(20-22-16)14-12-18-9-10-21(14)3;/h4-8,14,18H,9-12H2,1-3H3;1H. The minimum atomic E-state index is -0.173. The van der Waals surface area contributed by atoms with Crippen LogP contribution in [0.1, 0.15) is 37.2 Å². The Balaban J connectivity index is 0.00000192. The van der Waals surface area contributed by atoms with Gasteiger partial charge in [0.15, 0.2) is 5.82 Å². The van der Waals surface area contributed by atoms with Gasteiger partial charge in [0.25, 0.3) is 0 Å². The first kappa shape index (κ1) is 17.9. The molecule has 1 fully saturated rings. The first-order chi connectivity index (χ1) is 10.6. The molecule has 3 rings (SSSR count). The molecule has 1 aromatic carbocycles. The van der Waals surface area contributed by atoms with E-state index in [2.05, 4.69) is 60.5 Å². The van der Waals surface area contributed by atoms with Crippen LogP contribution in [0.2, 0.25) is 0 Å². The van der Waals surface area contributed by atoms with Crippen molar-refractivity contribution in [3.05, 3.63) is 47.6 Å². The fraction of sp³-hybridized carbons (Fsp3) is 0.529. The predicted molar refractivity (Wildman–Crippen MR) is 93.0 cm³/mol. The molecule has 5 nitrogen and oxygen atoms in total. The number of hydrogen-bond donors (Lipinski definition) is 1. The molecule has 1 aliphatic rings. The number of hydrogen-bond acceptors (Lipinski definition) is 5. The maximum Gasteiger partial charge on any atom is 0.232 e. The molecule has 6 heteroatoms. The van der Waals surface area contributed by atoms with E-state index >= 15 is 0 Å². The summed E-state index contributed by atoms with van der Waals surface area (Å²) in [7, 11) is 2.11. The second-order valence-corrected chi connectivity index (χ2v) is 6.70. The summed E-state index contributed by atoms with van der Waals surface area (Å²) in [6.07, 6.45) is 0.883. The van der Waals surface area contributed by atoms with E-state index < -0.39 is 0 Å². The molecule has 0 aliphatic carbocycles. The number of aromatic nitrogens is 2. The number of likely N-dealkylation sites (N-methyl/N-ethyl adjacent to an activating group) is 1. The first-order valence-corrected chi connectivity index (χ1v) is 7.85. The highest BCUT2D eigenvalue weighted by molar-refractivity contribution is 5.85. The second kappa shape index (κ2) is 7.43. The van der Waals surface area contributed by atoms with E-state index in [9.17, 15) is 0 Å². The molecule has 1 N–H and O–H groups in total. The average molecular weight is 337 g/mol. The predicted octanol–water partition coefficient (Wildman–Crippen LogP) is 2.59. The van der Waals surface area contributed by atoms with Crippen LogP contribution < -0.4 is 5.32 Å². The Morgan fingerprint density at radius 1 is 1.30 bits per heavy atom. The highest BCUT2D eigenvalue weighted by Crippen LogP contribution is 2.28. The number of rotatable bonds is 4. The minimum absolute atomic E-state index is 0. The van der Waals surface area contributed by atoms with Crippen LogP contribution in [0.25, 0.3) is 0 Å². The molecule has 1 atom stereocenters. The summed E-state index contributed by atoms with van der Waals surface area (Å²) in [6, 6.07) is 10.6. The van der Waals surface area contributed by atoms with Crippen LogP contribution >= 0.6 is 12.4 Å². The Morgan fingerprint density at radius 2 is 2.04 bits per heavy atom. The van der Waals surface area contributed by atoms with E-state index in [4.69, 9.17) is 9.51 Å². The van der Waals surface area contributed by atoms with Gasteiger partial charge in [0.2, 0.25) is 5.89 Å². The van der Waals surface area contributed by atoms with Crippen LogP contribution in [-0.4, -0.2) is 41.7 Å². The maximum absolute atomic E-state index is 5.59. The van der Waals surface area contributed by atoms with Crippen LogP contribution in [0.3, 0.4) is 0 Å². The summed E-state index contributed by atoms with van der Waals surface area (Å²) >= 11 is 0. The van der Waals surface area contributed by atoms with Gasteiger partial charge < -0.3 is 9.84 Å². The van der Waals surface area contributed by atoms with E-state index in [1.165, 1.54) is 5.56 Å². The van der Waals surface area contributed by atoms with Gasteiger partial charge >= 0.3 is 0 Å². The molecule has 23 heavy (non-hydrogen) atoms. The molecule has 2 aromatic rings. The van der Waals surface area contributed by atoms with E-state index in [0.717, 1.165) is 31.9 Å². The zero-order valence-electron chi connectivity index (χ0n) is 14.0. The smallest absolute Gasteiger partial charge is 0.232 e. The van der Waals surface area contributed by atoms with Crippen molar-refractivity contribution < 1.29 is 4.52 Å². The normalized spacial score (nSPS) is 19.3. The van der Waals surface area contributed by atoms with Crippen molar-refractivity contribution in [3.8, 4) is 0 Å². The number of nitrogens with one attached hydrogen (secondary N) is 1. The molecule has 1 aromatic heterocycles. The van der Waals surface area contributed by atoms with Crippen molar-refractivity contribution in [3.63, 3.8) is 0 Å². The highest BCUT2D eigenvalue weighted by atomic mass is 35.5. The molecule has 0 saturated carbocycles. The zero-order valence-corrected chi connectivity index (χ0v) is 14.8. The fourth-order valence-corrected chi connectivity index (χ4v) is 2.92. The van der Waals surface area contributed by atoms with Crippen LogP contribution in [0.15, 0.2) is 34.9 Å². The molecule has 1 unspecified atom stereocenters. The Kier molecular flexibility index (Phi) is 5.79. The van der Waals surface area contributed by atoms with E-state index in [0.29, 0.717) is 5.89 Å². The van der Waals surface area contributed by atoms with Gasteiger partial charge in [-0.15, -0.1) is 12.4 Å². The van der Waals surface area contributed by atoms with Crippen LogP contribution in [-0.2, 0) is 11.8 Å². The summed E-state index contributed by atoms with van der Waals surface area (Å²) in [5, 5.41) is 7.62. The molecular formula is C17H25ClN4O. The van der Waals surface area contributed by atoms with Crippen LogP contribution in [0, 0.1) is 0 Å². The Bertz CT molecular complexity index is 614. The molecular weight excluding hydrogens is 312 g/mol. The van der Waals surface area contributed by atoms with Gasteiger partial charge in [0, 0.05) is 25.0 Å². The summed E-state index contributed by atoms with van der Waals surface area (Å²) in [5.41, 5.74) is 1.11. The van der Waals surface area contributed by atoms with Gasteiger partial charge in [-0.3, -0.25) is 4.90 Å². The molecule has 1 aliphatic heterocycles. The van der Waals surface area contributed by atoms with Gasteiger partial charge in [-0.2, -0.15) is 4.98 Å². The molecule has 126 valence electrons. The van der Waals surface area contributed by atoms with Gasteiger partial charge in [0.05, 0.1) is 6.04 Å². The lowest BCUT2D eigenvalue weighted by Crippen LogP contribution is -2.44. The van der Waals surface area contributed by atoms with E-state index in [1.54, 1.807) is 0 Å².